The Labute approximate surface area is 114 Å². The summed E-state index contributed by atoms with van der Waals surface area (Å²) < 4.78 is 1.74. The van der Waals surface area contributed by atoms with E-state index in [0.29, 0.717) is 18.2 Å². The average Bonchev–Trinajstić information content (AvgIpc) is 2.74. The number of nitrogens with one attached hydrogen (secondary N) is 2. The monoisotopic (exact) mass is 268 g/mol. The van der Waals surface area contributed by atoms with Crippen molar-refractivity contribution in [2.75, 3.05) is 11.9 Å². The molecule has 0 bridgehead atoms. The van der Waals surface area contributed by atoms with Gasteiger partial charge in [0.05, 0.1) is 12.3 Å². The van der Waals surface area contributed by atoms with Crippen molar-refractivity contribution in [2.45, 2.75) is 46.3 Å². The number of nitrogens with zero attached hydrogens (tertiary/aromatic N) is 2. The minimum atomic E-state index is -0.508. The second kappa shape index (κ2) is 7.78. The van der Waals surface area contributed by atoms with Gasteiger partial charge in [-0.15, -0.1) is 0 Å². The van der Waals surface area contributed by atoms with Crippen molar-refractivity contribution in [1.82, 2.24) is 15.1 Å². The second-order valence-corrected chi connectivity index (χ2v) is 5.06. The normalized spacial score (nSPS) is 12.5. The fourth-order valence-electron chi connectivity index (χ4n) is 1.83. The molecule has 19 heavy (non-hydrogen) atoms. The lowest BCUT2D eigenvalue weighted by Crippen LogP contribution is -2.36. The van der Waals surface area contributed by atoms with Gasteiger partial charge < -0.3 is 10.4 Å². The van der Waals surface area contributed by atoms with Crippen LogP contribution in [0.5, 0.6) is 0 Å². The second-order valence-electron chi connectivity index (χ2n) is 5.06. The highest BCUT2D eigenvalue weighted by Crippen LogP contribution is 2.07. The van der Waals surface area contributed by atoms with Gasteiger partial charge in [-0.2, -0.15) is 5.10 Å². The Morgan fingerprint density at radius 3 is 2.89 bits per heavy atom. The molecule has 6 heteroatoms. The van der Waals surface area contributed by atoms with Gasteiger partial charge in [-0.05, 0) is 18.8 Å². The Kier molecular flexibility index (Phi) is 6.35. The summed E-state index contributed by atoms with van der Waals surface area (Å²) in [6.07, 6.45) is 2.77. The number of aryl methyl sites for hydroxylation is 1. The van der Waals surface area contributed by atoms with Crippen molar-refractivity contribution in [1.29, 1.82) is 0 Å². The molecule has 3 N–H and O–H groups in total. The van der Waals surface area contributed by atoms with E-state index < -0.39 is 6.10 Å². The summed E-state index contributed by atoms with van der Waals surface area (Å²) in [7, 11) is 0. The third-order valence-electron chi connectivity index (χ3n) is 2.64. The van der Waals surface area contributed by atoms with Crippen LogP contribution in [0.2, 0.25) is 0 Å². The maximum Gasteiger partial charge on any atom is 0.320 e. The smallest absolute Gasteiger partial charge is 0.320 e. The lowest BCUT2D eigenvalue weighted by atomic mass is 10.1. The van der Waals surface area contributed by atoms with Crippen molar-refractivity contribution in [3.63, 3.8) is 0 Å². The Morgan fingerprint density at radius 1 is 1.53 bits per heavy atom. The third kappa shape index (κ3) is 5.74. The number of urea groups is 1. The van der Waals surface area contributed by atoms with Gasteiger partial charge >= 0.3 is 6.03 Å². The van der Waals surface area contributed by atoms with E-state index in [2.05, 4.69) is 15.7 Å². The number of carbonyl (C=O) groups is 1. The zero-order valence-corrected chi connectivity index (χ0v) is 11.9. The molecular formula is C13H24N4O2. The van der Waals surface area contributed by atoms with Crippen LogP contribution in [0.1, 0.15) is 33.6 Å². The zero-order chi connectivity index (χ0) is 14.3. The van der Waals surface area contributed by atoms with Crippen LogP contribution in [0.25, 0.3) is 0 Å². The molecule has 1 atom stereocenters. The Morgan fingerprint density at radius 2 is 2.26 bits per heavy atom. The van der Waals surface area contributed by atoms with Crippen molar-refractivity contribution in [2.24, 2.45) is 5.92 Å². The largest absolute Gasteiger partial charge is 0.391 e. The van der Waals surface area contributed by atoms with Gasteiger partial charge in [0.2, 0.25) is 0 Å². The fourth-order valence-corrected chi connectivity index (χ4v) is 1.83. The Bertz CT molecular complexity index is 390. The van der Waals surface area contributed by atoms with E-state index in [9.17, 15) is 9.90 Å². The van der Waals surface area contributed by atoms with Gasteiger partial charge in [-0.3, -0.25) is 5.32 Å². The number of aromatic nitrogens is 2. The van der Waals surface area contributed by atoms with Crippen LogP contribution in [-0.2, 0) is 6.54 Å². The van der Waals surface area contributed by atoms with E-state index in [1.165, 1.54) is 0 Å². The predicted octanol–water partition coefficient (Wildman–Crippen LogP) is 1.82. The van der Waals surface area contributed by atoms with E-state index in [-0.39, 0.29) is 12.6 Å². The molecule has 1 aromatic heterocycles. The molecule has 0 fully saturated rings. The molecule has 0 spiro atoms. The molecular weight excluding hydrogens is 244 g/mol. The molecule has 1 aromatic rings. The number of amides is 2. The molecule has 108 valence electrons. The third-order valence-corrected chi connectivity index (χ3v) is 2.64. The molecule has 0 saturated carbocycles. The molecule has 0 aliphatic heterocycles. The number of hydrogen-bond acceptors (Lipinski definition) is 3. The summed E-state index contributed by atoms with van der Waals surface area (Å²) in [4.78, 5) is 11.7. The summed E-state index contributed by atoms with van der Waals surface area (Å²) in [6, 6.07) is 1.43. The molecule has 1 unspecified atom stereocenters. The molecule has 0 aliphatic carbocycles. The van der Waals surface area contributed by atoms with Crippen molar-refractivity contribution < 1.29 is 9.90 Å². The summed E-state index contributed by atoms with van der Waals surface area (Å²) in [6.45, 7) is 7.14. The minimum absolute atomic E-state index is 0.256. The van der Waals surface area contributed by atoms with E-state index in [1.54, 1.807) is 16.9 Å². The highest BCUT2D eigenvalue weighted by Gasteiger charge is 2.10. The van der Waals surface area contributed by atoms with Gasteiger partial charge in [0.1, 0.15) is 5.82 Å². The number of anilines is 1. The lowest BCUT2D eigenvalue weighted by molar-refractivity contribution is 0.148. The molecule has 0 aromatic carbocycles. The van der Waals surface area contributed by atoms with Crippen molar-refractivity contribution >= 4 is 11.8 Å². The molecule has 1 heterocycles. The van der Waals surface area contributed by atoms with Gasteiger partial charge in [0, 0.05) is 19.2 Å². The summed E-state index contributed by atoms with van der Waals surface area (Å²) >= 11 is 0. The molecule has 6 nitrogen and oxygen atoms in total. The summed E-state index contributed by atoms with van der Waals surface area (Å²) in [5, 5.41) is 19.2. The Hall–Kier alpha value is -1.56. The quantitative estimate of drug-likeness (QED) is 0.705. The van der Waals surface area contributed by atoms with E-state index in [1.807, 2.05) is 20.8 Å². The number of carbonyl (C=O) groups excluding carboxylic acids is 1. The minimum Gasteiger partial charge on any atom is -0.391 e. The fraction of sp³-hybridized carbons (Fsp3) is 0.692. The van der Waals surface area contributed by atoms with E-state index >= 15 is 0 Å². The maximum absolute atomic E-state index is 11.7. The van der Waals surface area contributed by atoms with Crippen LogP contribution in [0.4, 0.5) is 10.6 Å². The zero-order valence-electron chi connectivity index (χ0n) is 11.9. The maximum atomic E-state index is 11.7. The topological polar surface area (TPSA) is 79.2 Å². The first-order chi connectivity index (χ1) is 9.02. The summed E-state index contributed by atoms with van der Waals surface area (Å²) in [5.74, 6) is 1.07. The highest BCUT2D eigenvalue weighted by atomic mass is 16.3. The predicted molar refractivity (Wildman–Crippen MR) is 75.0 cm³/mol. The van der Waals surface area contributed by atoms with Crippen LogP contribution in [0.15, 0.2) is 12.3 Å². The van der Waals surface area contributed by atoms with Crippen LogP contribution >= 0.6 is 0 Å². The molecule has 0 radical (unpaired) electrons. The van der Waals surface area contributed by atoms with Gasteiger partial charge in [-0.25, -0.2) is 9.48 Å². The number of hydrogen-bond donors (Lipinski definition) is 3. The summed E-state index contributed by atoms with van der Waals surface area (Å²) in [5.41, 5.74) is 0. The average molecular weight is 268 g/mol. The number of aliphatic hydroxyl groups excluding tert-OH is 1. The molecule has 0 aliphatic rings. The molecule has 2 amide bonds. The van der Waals surface area contributed by atoms with Crippen LogP contribution in [0, 0.1) is 5.92 Å². The van der Waals surface area contributed by atoms with Gasteiger partial charge in [-0.1, -0.05) is 20.8 Å². The van der Waals surface area contributed by atoms with Gasteiger partial charge in [0.25, 0.3) is 0 Å². The molecule has 0 saturated heterocycles. The number of aliphatic hydroxyl groups is 1. The van der Waals surface area contributed by atoms with E-state index in [0.717, 1.165) is 13.0 Å². The van der Waals surface area contributed by atoms with Crippen LogP contribution < -0.4 is 10.6 Å². The Balaban J connectivity index is 2.36. The SMILES string of the molecule is CCCn1nccc1NC(=O)NCC(O)CC(C)C. The first kappa shape index (κ1) is 15.5. The number of rotatable bonds is 7. The lowest BCUT2D eigenvalue weighted by Gasteiger charge is -2.14. The van der Waals surface area contributed by atoms with Crippen LogP contribution in [-0.4, -0.2) is 33.6 Å². The first-order valence-corrected chi connectivity index (χ1v) is 6.77. The standard InChI is InChI=1S/C13H24N4O2/c1-4-7-17-12(5-6-15-17)16-13(19)14-9-11(18)8-10(2)3/h5-6,10-11,18H,4,7-9H2,1-3H3,(H2,14,16,19). The van der Waals surface area contributed by atoms with Gasteiger partial charge in [0.15, 0.2) is 0 Å². The van der Waals surface area contributed by atoms with Crippen LogP contribution in [0.3, 0.4) is 0 Å². The highest BCUT2D eigenvalue weighted by molar-refractivity contribution is 5.88. The van der Waals surface area contributed by atoms with Crippen molar-refractivity contribution in [3.05, 3.63) is 12.3 Å². The van der Waals surface area contributed by atoms with E-state index in [4.69, 9.17) is 0 Å². The first-order valence-electron chi connectivity index (χ1n) is 6.77. The van der Waals surface area contributed by atoms with Crippen molar-refractivity contribution in [3.8, 4) is 0 Å². The molecule has 1 rings (SSSR count).